The normalized spacial score (nSPS) is 24.6. The molecule has 0 aliphatic carbocycles. The van der Waals surface area contributed by atoms with Crippen molar-refractivity contribution < 1.29 is 9.53 Å². The molecular formula is C12H23N3O2. The van der Waals surface area contributed by atoms with Gasteiger partial charge in [0.1, 0.15) is 0 Å². The molecule has 98 valence electrons. The van der Waals surface area contributed by atoms with Crippen LogP contribution >= 0.6 is 0 Å². The third kappa shape index (κ3) is 3.94. The number of carbonyl (C=O) groups is 1. The van der Waals surface area contributed by atoms with Crippen LogP contribution in [-0.4, -0.2) is 79.8 Å². The van der Waals surface area contributed by atoms with Crippen molar-refractivity contribution in [3.05, 3.63) is 0 Å². The smallest absolute Gasteiger partial charge is 0.219 e. The van der Waals surface area contributed by atoms with E-state index < -0.39 is 0 Å². The minimum Gasteiger partial charge on any atom is -0.380 e. The lowest BCUT2D eigenvalue weighted by Crippen LogP contribution is -2.51. The number of hydrogen-bond acceptors (Lipinski definition) is 4. The van der Waals surface area contributed by atoms with Crippen molar-refractivity contribution in [2.75, 3.05) is 59.2 Å². The van der Waals surface area contributed by atoms with Gasteiger partial charge in [0.05, 0.1) is 13.3 Å². The minimum absolute atomic E-state index is 0.202. The summed E-state index contributed by atoms with van der Waals surface area (Å²) in [5.41, 5.74) is 0. The summed E-state index contributed by atoms with van der Waals surface area (Å²) in [6.07, 6.45) is 1.13. The molecule has 0 radical (unpaired) electrons. The van der Waals surface area contributed by atoms with Gasteiger partial charge in [-0.2, -0.15) is 0 Å². The lowest BCUT2D eigenvalue weighted by molar-refractivity contribution is -0.130. The van der Waals surface area contributed by atoms with E-state index in [-0.39, 0.29) is 5.91 Å². The molecule has 0 aromatic heterocycles. The number of carbonyl (C=O) groups excluding carboxylic acids is 1. The molecule has 2 fully saturated rings. The molecule has 17 heavy (non-hydrogen) atoms. The van der Waals surface area contributed by atoms with Gasteiger partial charge in [0.2, 0.25) is 5.91 Å². The van der Waals surface area contributed by atoms with Gasteiger partial charge in [-0.1, -0.05) is 0 Å². The van der Waals surface area contributed by atoms with Crippen molar-refractivity contribution in [1.82, 2.24) is 14.7 Å². The number of rotatable bonds is 2. The van der Waals surface area contributed by atoms with Gasteiger partial charge >= 0.3 is 0 Å². The molecule has 0 saturated carbocycles. The molecule has 0 bridgehead atoms. The average Bonchev–Trinajstić information content (AvgIpc) is 2.58. The monoisotopic (exact) mass is 241 g/mol. The van der Waals surface area contributed by atoms with Gasteiger partial charge in [0.25, 0.3) is 0 Å². The minimum atomic E-state index is 0.202. The first kappa shape index (κ1) is 12.8. The summed E-state index contributed by atoms with van der Waals surface area (Å²) >= 11 is 0. The third-order valence-electron chi connectivity index (χ3n) is 3.53. The van der Waals surface area contributed by atoms with Crippen LogP contribution in [0.2, 0.25) is 0 Å². The maximum atomic E-state index is 11.2. The zero-order chi connectivity index (χ0) is 12.1. The largest absolute Gasteiger partial charge is 0.380 e. The van der Waals surface area contributed by atoms with Crippen molar-refractivity contribution in [3.8, 4) is 0 Å². The molecule has 1 amide bonds. The van der Waals surface area contributed by atoms with Gasteiger partial charge in [-0.05, 0) is 6.42 Å². The molecule has 0 spiro atoms. The Kier molecular flexibility index (Phi) is 4.76. The van der Waals surface area contributed by atoms with Crippen molar-refractivity contribution in [1.29, 1.82) is 0 Å². The van der Waals surface area contributed by atoms with E-state index in [2.05, 4.69) is 9.80 Å². The van der Waals surface area contributed by atoms with Crippen LogP contribution in [0.25, 0.3) is 0 Å². The van der Waals surface area contributed by atoms with Crippen molar-refractivity contribution >= 4 is 5.91 Å². The van der Waals surface area contributed by atoms with Crippen LogP contribution in [0.1, 0.15) is 13.3 Å². The first-order chi connectivity index (χ1) is 8.25. The van der Waals surface area contributed by atoms with Crippen LogP contribution in [0, 0.1) is 0 Å². The van der Waals surface area contributed by atoms with E-state index in [0.29, 0.717) is 0 Å². The summed E-state index contributed by atoms with van der Waals surface area (Å²) < 4.78 is 5.45. The maximum Gasteiger partial charge on any atom is 0.219 e. The summed E-state index contributed by atoms with van der Waals surface area (Å²) in [6.45, 7) is 10.3. The molecule has 0 aromatic rings. The second-order valence-corrected chi connectivity index (χ2v) is 4.85. The Labute approximate surface area is 103 Å². The Bertz CT molecular complexity index is 244. The number of piperazine rings is 1. The highest BCUT2D eigenvalue weighted by atomic mass is 16.5. The van der Waals surface area contributed by atoms with E-state index in [0.717, 1.165) is 65.6 Å². The third-order valence-corrected chi connectivity index (χ3v) is 3.53. The van der Waals surface area contributed by atoms with Crippen molar-refractivity contribution in [2.24, 2.45) is 0 Å². The van der Waals surface area contributed by atoms with Gasteiger partial charge in [-0.15, -0.1) is 0 Å². The van der Waals surface area contributed by atoms with Gasteiger partial charge in [-0.25, -0.2) is 0 Å². The molecule has 2 saturated heterocycles. The van der Waals surface area contributed by atoms with E-state index in [1.54, 1.807) is 6.92 Å². The summed E-state index contributed by atoms with van der Waals surface area (Å²) in [7, 11) is 0. The molecule has 5 nitrogen and oxygen atoms in total. The number of hydrogen-bond donors (Lipinski definition) is 0. The second kappa shape index (κ2) is 6.33. The number of nitrogens with zero attached hydrogens (tertiary/aromatic N) is 3. The summed E-state index contributed by atoms with van der Waals surface area (Å²) in [5.74, 6) is 0.202. The Morgan fingerprint density at radius 1 is 1.00 bits per heavy atom. The highest BCUT2D eigenvalue weighted by Gasteiger charge is 2.20. The van der Waals surface area contributed by atoms with Crippen LogP contribution in [0.15, 0.2) is 0 Å². The number of ether oxygens (including phenoxy) is 1. The molecule has 2 aliphatic rings. The standard InChI is InChI=1S/C12H23N3O2/c1-12(16)15-6-4-14(5-7-15)11-13-3-2-9-17-10-8-13/h2-11H2,1H3. The lowest BCUT2D eigenvalue weighted by Gasteiger charge is -2.36. The first-order valence-corrected chi connectivity index (χ1v) is 6.53. The quantitative estimate of drug-likeness (QED) is 0.672. The fourth-order valence-electron chi connectivity index (χ4n) is 2.43. The van der Waals surface area contributed by atoms with E-state index in [9.17, 15) is 4.79 Å². The molecule has 2 aliphatic heterocycles. The van der Waals surface area contributed by atoms with Gasteiger partial charge < -0.3 is 9.64 Å². The van der Waals surface area contributed by atoms with Gasteiger partial charge in [-0.3, -0.25) is 14.6 Å². The van der Waals surface area contributed by atoms with E-state index >= 15 is 0 Å². The maximum absolute atomic E-state index is 11.2. The predicted octanol–water partition coefficient (Wildman–Crippen LogP) is -0.170. The lowest BCUT2D eigenvalue weighted by atomic mass is 10.3. The average molecular weight is 241 g/mol. The van der Waals surface area contributed by atoms with Crippen LogP contribution in [0.3, 0.4) is 0 Å². The molecule has 0 N–H and O–H groups in total. The van der Waals surface area contributed by atoms with Gasteiger partial charge in [0.15, 0.2) is 0 Å². The van der Waals surface area contributed by atoms with Crippen LogP contribution in [-0.2, 0) is 9.53 Å². The zero-order valence-corrected chi connectivity index (χ0v) is 10.7. The fourth-order valence-corrected chi connectivity index (χ4v) is 2.43. The SMILES string of the molecule is CC(=O)N1CCN(CN2CCCOCC2)CC1. The molecule has 5 heteroatoms. The topological polar surface area (TPSA) is 36.0 Å². The highest BCUT2D eigenvalue weighted by Crippen LogP contribution is 2.05. The summed E-state index contributed by atoms with van der Waals surface area (Å²) in [5, 5.41) is 0. The van der Waals surface area contributed by atoms with Crippen molar-refractivity contribution in [3.63, 3.8) is 0 Å². The number of amides is 1. The molecular weight excluding hydrogens is 218 g/mol. The zero-order valence-electron chi connectivity index (χ0n) is 10.7. The van der Waals surface area contributed by atoms with Crippen LogP contribution in [0.4, 0.5) is 0 Å². The Morgan fingerprint density at radius 2 is 1.71 bits per heavy atom. The Hall–Kier alpha value is -0.650. The van der Waals surface area contributed by atoms with E-state index in [1.165, 1.54) is 0 Å². The van der Waals surface area contributed by atoms with Crippen molar-refractivity contribution in [2.45, 2.75) is 13.3 Å². The summed E-state index contributed by atoms with van der Waals surface area (Å²) in [6, 6.07) is 0. The predicted molar refractivity (Wildman–Crippen MR) is 65.7 cm³/mol. The molecule has 2 rings (SSSR count). The molecule has 0 aromatic carbocycles. The first-order valence-electron chi connectivity index (χ1n) is 6.53. The molecule has 0 atom stereocenters. The molecule has 2 heterocycles. The van der Waals surface area contributed by atoms with Crippen LogP contribution < -0.4 is 0 Å². The van der Waals surface area contributed by atoms with Gasteiger partial charge in [0, 0.05) is 52.8 Å². The fraction of sp³-hybridized carbons (Fsp3) is 0.917. The van der Waals surface area contributed by atoms with Crippen LogP contribution in [0.5, 0.6) is 0 Å². The Morgan fingerprint density at radius 3 is 2.41 bits per heavy atom. The van der Waals surface area contributed by atoms with E-state index in [4.69, 9.17) is 4.74 Å². The highest BCUT2D eigenvalue weighted by molar-refractivity contribution is 5.73. The summed E-state index contributed by atoms with van der Waals surface area (Å²) in [4.78, 5) is 18.0. The molecule has 0 unspecified atom stereocenters. The van der Waals surface area contributed by atoms with E-state index in [1.807, 2.05) is 4.90 Å². The second-order valence-electron chi connectivity index (χ2n) is 4.85. The Balaban J connectivity index is 1.71.